The molecule has 0 fully saturated rings. The van der Waals surface area contributed by atoms with E-state index in [0.29, 0.717) is 6.54 Å². The molecule has 0 saturated heterocycles. The van der Waals surface area contributed by atoms with Gasteiger partial charge < -0.3 is 15.8 Å². The molecule has 0 aromatic carbocycles. The zero-order valence-corrected chi connectivity index (χ0v) is 10.8. The minimum Gasteiger partial charge on any atom is -0.444 e. The van der Waals surface area contributed by atoms with Crippen molar-refractivity contribution in [2.24, 2.45) is 5.73 Å². The van der Waals surface area contributed by atoms with Crippen LogP contribution >= 0.6 is 11.8 Å². The van der Waals surface area contributed by atoms with Gasteiger partial charge in [0, 0.05) is 11.8 Å². The Labute approximate surface area is 96.3 Å². The fourth-order valence-corrected chi connectivity index (χ4v) is 1.73. The molecule has 0 spiro atoms. The average Bonchev–Trinajstić information content (AvgIpc) is 2.00. The van der Waals surface area contributed by atoms with Crippen LogP contribution in [0.2, 0.25) is 0 Å². The summed E-state index contributed by atoms with van der Waals surface area (Å²) in [6.07, 6.45) is 2.41. The van der Waals surface area contributed by atoms with Gasteiger partial charge in [-0.2, -0.15) is 11.8 Å². The number of carbonyl (C=O) groups excluding carboxylic acids is 1. The number of ether oxygens (including phenoxy) is 1. The zero-order chi connectivity index (χ0) is 11.9. The lowest BCUT2D eigenvalue weighted by Crippen LogP contribution is -2.41. The molecule has 0 bridgehead atoms. The quantitative estimate of drug-likeness (QED) is 0.758. The van der Waals surface area contributed by atoms with Gasteiger partial charge in [0.15, 0.2) is 0 Å². The third-order valence-corrected chi connectivity index (χ3v) is 2.34. The van der Waals surface area contributed by atoms with Crippen LogP contribution in [0, 0.1) is 0 Å². The van der Waals surface area contributed by atoms with E-state index < -0.39 is 5.60 Å². The number of alkyl carbamates (subject to hydrolysis) is 1. The van der Waals surface area contributed by atoms with Crippen molar-refractivity contribution in [2.45, 2.75) is 38.8 Å². The third kappa shape index (κ3) is 8.57. The van der Waals surface area contributed by atoms with Crippen molar-refractivity contribution < 1.29 is 9.53 Å². The molecular weight excluding hydrogens is 212 g/mol. The number of nitrogens with two attached hydrogens (primary N) is 1. The molecule has 0 heterocycles. The van der Waals surface area contributed by atoms with Crippen molar-refractivity contribution in [3.63, 3.8) is 0 Å². The van der Waals surface area contributed by atoms with Gasteiger partial charge in [0.25, 0.3) is 0 Å². The molecule has 0 aliphatic carbocycles. The lowest BCUT2D eigenvalue weighted by atomic mass is 10.2. The summed E-state index contributed by atoms with van der Waals surface area (Å²) in [5.74, 6) is 0.858. The summed E-state index contributed by atoms with van der Waals surface area (Å²) in [7, 11) is 0. The summed E-state index contributed by atoms with van der Waals surface area (Å²) in [4.78, 5) is 11.4. The van der Waals surface area contributed by atoms with Crippen molar-refractivity contribution in [3.8, 4) is 0 Å². The monoisotopic (exact) mass is 234 g/mol. The largest absolute Gasteiger partial charge is 0.444 e. The second-order valence-corrected chi connectivity index (χ2v) is 5.29. The second kappa shape index (κ2) is 6.95. The number of rotatable bonds is 5. The summed E-state index contributed by atoms with van der Waals surface area (Å²) < 4.78 is 5.16. The first-order valence-corrected chi connectivity index (χ1v) is 6.47. The van der Waals surface area contributed by atoms with E-state index in [4.69, 9.17) is 10.5 Å². The van der Waals surface area contributed by atoms with E-state index in [1.165, 1.54) is 0 Å². The van der Waals surface area contributed by atoms with Crippen LogP contribution in [0.5, 0.6) is 0 Å². The van der Waals surface area contributed by atoms with Gasteiger partial charge >= 0.3 is 6.09 Å². The van der Waals surface area contributed by atoms with Crippen LogP contribution in [0.3, 0.4) is 0 Å². The van der Waals surface area contributed by atoms with Crippen LogP contribution in [0.25, 0.3) is 0 Å². The molecule has 15 heavy (non-hydrogen) atoms. The molecule has 90 valence electrons. The molecule has 0 unspecified atom stereocenters. The molecule has 0 radical (unpaired) electrons. The Kier molecular flexibility index (Phi) is 6.76. The Balaban J connectivity index is 3.99. The zero-order valence-electron chi connectivity index (χ0n) is 10.0. The van der Waals surface area contributed by atoms with Crippen LogP contribution in [-0.4, -0.2) is 36.3 Å². The summed E-state index contributed by atoms with van der Waals surface area (Å²) in [5, 5.41) is 2.81. The molecule has 0 aliphatic heterocycles. The van der Waals surface area contributed by atoms with Crippen LogP contribution in [0.1, 0.15) is 27.2 Å². The molecule has 3 N–H and O–H groups in total. The van der Waals surface area contributed by atoms with Crippen LogP contribution < -0.4 is 11.1 Å². The molecule has 0 aromatic rings. The predicted molar refractivity (Wildman–Crippen MR) is 65.2 cm³/mol. The molecule has 0 aromatic heterocycles. The van der Waals surface area contributed by atoms with Crippen molar-refractivity contribution in [2.75, 3.05) is 18.6 Å². The Morgan fingerprint density at radius 1 is 1.53 bits per heavy atom. The first-order valence-electron chi connectivity index (χ1n) is 5.07. The predicted octanol–water partition coefficient (Wildman–Crippen LogP) is 1.59. The lowest BCUT2D eigenvalue weighted by molar-refractivity contribution is 0.0508. The fourth-order valence-electron chi connectivity index (χ4n) is 1.07. The number of nitrogens with one attached hydrogen (secondary N) is 1. The van der Waals surface area contributed by atoms with E-state index in [9.17, 15) is 4.79 Å². The standard InChI is InChI=1S/C10H22N2O2S/c1-10(2,3)14-9(13)12-8(5-6-11)7-15-4/h8H,5-7,11H2,1-4H3,(H,12,13)/t8-/m1/s1. The number of hydrogen-bond donors (Lipinski definition) is 2. The maximum atomic E-state index is 11.4. The van der Waals surface area contributed by atoms with E-state index in [2.05, 4.69) is 5.32 Å². The molecule has 1 atom stereocenters. The highest BCUT2D eigenvalue weighted by Gasteiger charge is 2.18. The molecule has 4 nitrogen and oxygen atoms in total. The highest BCUT2D eigenvalue weighted by Crippen LogP contribution is 2.08. The maximum absolute atomic E-state index is 11.4. The number of carbonyl (C=O) groups is 1. The third-order valence-electron chi connectivity index (χ3n) is 1.60. The second-order valence-electron chi connectivity index (χ2n) is 4.38. The minimum atomic E-state index is -0.448. The van der Waals surface area contributed by atoms with Crippen molar-refractivity contribution in [3.05, 3.63) is 0 Å². The first kappa shape index (κ1) is 14.6. The topological polar surface area (TPSA) is 64.3 Å². The Morgan fingerprint density at radius 2 is 2.13 bits per heavy atom. The van der Waals surface area contributed by atoms with E-state index in [1.807, 2.05) is 27.0 Å². The molecule has 1 amide bonds. The summed E-state index contributed by atoms with van der Waals surface area (Å²) in [6.45, 7) is 6.11. The Bertz CT molecular complexity index is 186. The summed E-state index contributed by atoms with van der Waals surface area (Å²) >= 11 is 1.68. The highest BCUT2D eigenvalue weighted by molar-refractivity contribution is 7.98. The number of thioether (sulfide) groups is 1. The number of hydrogen-bond acceptors (Lipinski definition) is 4. The van der Waals surface area contributed by atoms with Crippen molar-refractivity contribution >= 4 is 17.9 Å². The van der Waals surface area contributed by atoms with Gasteiger partial charge in [-0.3, -0.25) is 0 Å². The fraction of sp³-hybridized carbons (Fsp3) is 0.900. The van der Waals surface area contributed by atoms with Crippen LogP contribution in [-0.2, 0) is 4.74 Å². The molecule has 0 rings (SSSR count). The highest BCUT2D eigenvalue weighted by atomic mass is 32.2. The summed E-state index contributed by atoms with van der Waals surface area (Å²) in [6, 6.07) is 0.0971. The van der Waals surface area contributed by atoms with E-state index in [-0.39, 0.29) is 12.1 Å². The van der Waals surface area contributed by atoms with Crippen LogP contribution in [0.15, 0.2) is 0 Å². The van der Waals surface area contributed by atoms with E-state index in [0.717, 1.165) is 12.2 Å². The van der Waals surface area contributed by atoms with Crippen molar-refractivity contribution in [1.29, 1.82) is 0 Å². The first-order chi connectivity index (χ1) is 6.89. The van der Waals surface area contributed by atoms with Gasteiger partial charge in [-0.1, -0.05) is 0 Å². The lowest BCUT2D eigenvalue weighted by Gasteiger charge is -2.23. The SMILES string of the molecule is CSC[C@@H](CCN)NC(=O)OC(C)(C)C. The molecular formula is C10H22N2O2S. The van der Waals surface area contributed by atoms with Gasteiger partial charge in [-0.05, 0) is 40.0 Å². The molecule has 0 saturated carbocycles. The van der Waals surface area contributed by atoms with Crippen molar-refractivity contribution in [1.82, 2.24) is 5.32 Å². The Morgan fingerprint density at radius 3 is 2.53 bits per heavy atom. The van der Waals surface area contributed by atoms with Crippen LogP contribution in [0.4, 0.5) is 4.79 Å². The summed E-state index contributed by atoms with van der Waals surface area (Å²) in [5.41, 5.74) is 5.01. The smallest absolute Gasteiger partial charge is 0.407 e. The van der Waals surface area contributed by atoms with Gasteiger partial charge in [-0.25, -0.2) is 4.79 Å². The normalized spacial score (nSPS) is 13.4. The van der Waals surface area contributed by atoms with Gasteiger partial charge in [0.1, 0.15) is 5.60 Å². The molecule has 5 heteroatoms. The van der Waals surface area contributed by atoms with Gasteiger partial charge in [-0.15, -0.1) is 0 Å². The number of amides is 1. The van der Waals surface area contributed by atoms with E-state index >= 15 is 0 Å². The maximum Gasteiger partial charge on any atom is 0.407 e. The van der Waals surface area contributed by atoms with E-state index in [1.54, 1.807) is 11.8 Å². The van der Waals surface area contributed by atoms with Gasteiger partial charge in [0.2, 0.25) is 0 Å². The minimum absolute atomic E-state index is 0.0971. The Hall–Kier alpha value is -0.420. The average molecular weight is 234 g/mol. The molecule has 0 aliphatic rings. The van der Waals surface area contributed by atoms with Gasteiger partial charge in [0.05, 0.1) is 0 Å².